The van der Waals surface area contributed by atoms with Crippen molar-refractivity contribution < 1.29 is 14.3 Å². The average molecular weight is 383 g/mol. The van der Waals surface area contributed by atoms with E-state index in [0.29, 0.717) is 18.8 Å². The van der Waals surface area contributed by atoms with E-state index in [2.05, 4.69) is 23.9 Å². The molecule has 3 rings (SSSR count). The number of rotatable bonds is 10. The monoisotopic (exact) mass is 382 g/mol. The van der Waals surface area contributed by atoms with E-state index in [4.69, 9.17) is 9.47 Å². The van der Waals surface area contributed by atoms with Crippen LogP contribution in [0.1, 0.15) is 28.8 Å². The highest BCUT2D eigenvalue weighted by Crippen LogP contribution is 2.40. The summed E-state index contributed by atoms with van der Waals surface area (Å²) in [5, 5.41) is 0. The summed E-state index contributed by atoms with van der Waals surface area (Å²) in [5.41, 5.74) is 3.36. The van der Waals surface area contributed by atoms with Crippen LogP contribution in [0.15, 0.2) is 36.4 Å². The summed E-state index contributed by atoms with van der Waals surface area (Å²) in [4.78, 5) is 17.1. The second-order valence-corrected chi connectivity index (χ2v) is 7.75. The van der Waals surface area contributed by atoms with Crippen molar-refractivity contribution in [2.75, 3.05) is 54.5 Å². The number of fused-ring (bicyclic) bond motifs is 3. The highest BCUT2D eigenvalue weighted by atomic mass is 16.5. The van der Waals surface area contributed by atoms with E-state index >= 15 is 0 Å². The molecule has 0 aliphatic heterocycles. The fourth-order valence-electron chi connectivity index (χ4n) is 3.36. The Kier molecular flexibility index (Phi) is 6.70. The van der Waals surface area contributed by atoms with E-state index < -0.39 is 0 Å². The van der Waals surface area contributed by atoms with Crippen LogP contribution in [-0.4, -0.2) is 70.1 Å². The van der Waals surface area contributed by atoms with Crippen LogP contribution in [-0.2, 0) is 0 Å². The first-order chi connectivity index (χ1) is 13.5. The van der Waals surface area contributed by atoms with Crippen molar-refractivity contribution >= 4 is 5.78 Å². The first-order valence-corrected chi connectivity index (χ1v) is 9.84. The third-order valence-corrected chi connectivity index (χ3v) is 4.80. The van der Waals surface area contributed by atoms with Crippen LogP contribution in [0.2, 0.25) is 0 Å². The Labute approximate surface area is 167 Å². The van der Waals surface area contributed by atoms with Crippen molar-refractivity contribution in [3.8, 4) is 22.6 Å². The normalized spacial score (nSPS) is 12.4. The number of carbonyl (C=O) groups is 1. The molecule has 5 nitrogen and oxygen atoms in total. The van der Waals surface area contributed by atoms with Crippen molar-refractivity contribution in [3.63, 3.8) is 0 Å². The summed E-state index contributed by atoms with van der Waals surface area (Å²) in [6, 6.07) is 11.5. The fourth-order valence-corrected chi connectivity index (χ4v) is 3.36. The zero-order valence-electron chi connectivity index (χ0n) is 17.3. The summed E-state index contributed by atoms with van der Waals surface area (Å²) in [7, 11) is 8.20. The second-order valence-electron chi connectivity index (χ2n) is 7.75. The zero-order valence-corrected chi connectivity index (χ0v) is 17.3. The Morgan fingerprint density at radius 3 is 1.71 bits per heavy atom. The van der Waals surface area contributed by atoms with Gasteiger partial charge >= 0.3 is 0 Å². The molecule has 2 aromatic carbocycles. The quantitative estimate of drug-likeness (QED) is 0.502. The zero-order chi connectivity index (χ0) is 20.1. The van der Waals surface area contributed by atoms with Crippen molar-refractivity contribution in [1.29, 1.82) is 0 Å². The van der Waals surface area contributed by atoms with Crippen molar-refractivity contribution in [2.24, 2.45) is 0 Å². The highest BCUT2D eigenvalue weighted by molar-refractivity contribution is 6.22. The fraction of sp³-hybridized carbons (Fsp3) is 0.435. The maximum absolute atomic E-state index is 12.8. The van der Waals surface area contributed by atoms with Gasteiger partial charge in [0.05, 0.1) is 13.2 Å². The Bertz CT molecular complexity index is 831. The molecule has 0 amide bonds. The van der Waals surface area contributed by atoms with Crippen LogP contribution >= 0.6 is 0 Å². The predicted molar refractivity (Wildman–Crippen MR) is 113 cm³/mol. The van der Waals surface area contributed by atoms with Gasteiger partial charge in [0.15, 0.2) is 5.78 Å². The maximum Gasteiger partial charge on any atom is 0.194 e. The standard InChI is InChI=1S/C23H30N2O3/c1-24(2)11-5-13-27-17-8-10-20-21(15-17)19-9-7-18(16-22(19)23(20)26)28-14-6-12-25(3)4/h7-10,15-16H,5-6,11-14H2,1-4H3. The molecule has 0 saturated carbocycles. The molecule has 0 atom stereocenters. The molecule has 150 valence electrons. The third-order valence-electron chi connectivity index (χ3n) is 4.80. The minimum Gasteiger partial charge on any atom is -0.494 e. The van der Waals surface area contributed by atoms with Crippen LogP contribution < -0.4 is 9.47 Å². The molecule has 1 aliphatic rings. The summed E-state index contributed by atoms with van der Waals surface area (Å²) >= 11 is 0. The van der Waals surface area contributed by atoms with E-state index in [1.165, 1.54) is 0 Å². The molecule has 0 N–H and O–H groups in total. The first kappa shape index (κ1) is 20.4. The molecular weight excluding hydrogens is 352 g/mol. The topological polar surface area (TPSA) is 42.0 Å². The van der Waals surface area contributed by atoms with Crippen molar-refractivity contribution in [2.45, 2.75) is 12.8 Å². The van der Waals surface area contributed by atoms with Crippen molar-refractivity contribution in [1.82, 2.24) is 9.80 Å². The molecule has 28 heavy (non-hydrogen) atoms. The lowest BCUT2D eigenvalue weighted by atomic mass is 10.1. The van der Waals surface area contributed by atoms with Crippen LogP contribution in [0.25, 0.3) is 11.1 Å². The molecule has 0 fully saturated rings. The Hall–Kier alpha value is -2.37. The second kappa shape index (κ2) is 9.22. The van der Waals surface area contributed by atoms with Gasteiger partial charge in [-0.1, -0.05) is 0 Å². The Morgan fingerprint density at radius 1 is 0.679 bits per heavy atom. The summed E-state index contributed by atoms with van der Waals surface area (Å²) in [5.74, 6) is 1.61. The van der Waals surface area contributed by atoms with Gasteiger partial charge in [0, 0.05) is 24.2 Å². The van der Waals surface area contributed by atoms with Gasteiger partial charge in [-0.2, -0.15) is 0 Å². The number of carbonyl (C=O) groups excluding carboxylic acids is 1. The Balaban J connectivity index is 1.68. The first-order valence-electron chi connectivity index (χ1n) is 9.84. The lowest BCUT2D eigenvalue weighted by Crippen LogP contribution is -2.15. The van der Waals surface area contributed by atoms with Crippen LogP contribution in [0.3, 0.4) is 0 Å². The van der Waals surface area contributed by atoms with Crippen LogP contribution in [0.4, 0.5) is 0 Å². The number of nitrogens with zero attached hydrogens (tertiary/aromatic N) is 2. The molecule has 2 aromatic rings. The van der Waals surface area contributed by atoms with Gasteiger partial charge in [0.2, 0.25) is 0 Å². The molecule has 0 unspecified atom stereocenters. The lowest BCUT2D eigenvalue weighted by Gasteiger charge is -2.11. The van der Waals surface area contributed by atoms with Crippen LogP contribution in [0, 0.1) is 0 Å². The highest BCUT2D eigenvalue weighted by Gasteiger charge is 2.27. The van der Waals surface area contributed by atoms with Gasteiger partial charge in [-0.3, -0.25) is 4.79 Å². The molecule has 1 aliphatic carbocycles. The minimum absolute atomic E-state index is 0.0582. The SMILES string of the molecule is CN(C)CCCOc1ccc2c(c1)C(=O)c1ccc(OCCCN(C)C)cc1-2. The molecular formula is C23H30N2O3. The van der Waals surface area contributed by atoms with Gasteiger partial charge in [0.1, 0.15) is 11.5 Å². The number of ether oxygens (including phenoxy) is 2. The van der Waals surface area contributed by atoms with Gasteiger partial charge in [-0.05, 0) is 88.6 Å². The van der Waals surface area contributed by atoms with E-state index in [1.54, 1.807) is 0 Å². The minimum atomic E-state index is 0.0582. The molecule has 0 saturated heterocycles. The molecule has 0 radical (unpaired) electrons. The number of benzene rings is 2. The maximum atomic E-state index is 12.8. The van der Waals surface area contributed by atoms with Gasteiger partial charge < -0.3 is 19.3 Å². The van der Waals surface area contributed by atoms with Gasteiger partial charge in [0.25, 0.3) is 0 Å². The summed E-state index contributed by atoms with van der Waals surface area (Å²) < 4.78 is 11.7. The predicted octanol–water partition coefficient (Wildman–Crippen LogP) is 3.56. The Morgan fingerprint density at radius 2 is 1.18 bits per heavy atom. The molecule has 0 heterocycles. The lowest BCUT2D eigenvalue weighted by molar-refractivity contribution is 0.104. The largest absolute Gasteiger partial charge is 0.494 e. The van der Waals surface area contributed by atoms with E-state index in [-0.39, 0.29) is 5.78 Å². The van der Waals surface area contributed by atoms with Crippen LogP contribution in [0.5, 0.6) is 11.5 Å². The molecule has 0 spiro atoms. The number of ketones is 1. The smallest absolute Gasteiger partial charge is 0.194 e. The van der Waals surface area contributed by atoms with E-state index in [1.807, 2.05) is 50.5 Å². The number of hydrogen-bond donors (Lipinski definition) is 0. The van der Waals surface area contributed by atoms with Gasteiger partial charge in [-0.15, -0.1) is 0 Å². The number of hydrogen-bond acceptors (Lipinski definition) is 5. The average Bonchev–Trinajstić information content (AvgIpc) is 2.94. The molecule has 0 aromatic heterocycles. The molecule has 0 bridgehead atoms. The van der Waals surface area contributed by atoms with E-state index in [9.17, 15) is 4.79 Å². The van der Waals surface area contributed by atoms with Crippen molar-refractivity contribution in [3.05, 3.63) is 47.5 Å². The third kappa shape index (κ3) is 4.91. The van der Waals surface area contributed by atoms with Gasteiger partial charge in [-0.25, -0.2) is 0 Å². The summed E-state index contributed by atoms with van der Waals surface area (Å²) in [6.07, 6.45) is 1.92. The summed E-state index contributed by atoms with van der Waals surface area (Å²) in [6.45, 7) is 3.27. The molecule has 5 heteroatoms. The van der Waals surface area contributed by atoms with E-state index in [0.717, 1.165) is 54.1 Å².